The van der Waals surface area contributed by atoms with Crippen LogP contribution in [0.2, 0.25) is 10.0 Å². The highest BCUT2D eigenvalue weighted by Crippen LogP contribution is 2.30. The van der Waals surface area contributed by atoms with Crippen molar-refractivity contribution in [2.24, 2.45) is 0 Å². The molecule has 0 aliphatic carbocycles. The summed E-state index contributed by atoms with van der Waals surface area (Å²) in [5, 5.41) is 2.92. The number of hydrogen-bond donors (Lipinski definition) is 1. The van der Waals surface area contributed by atoms with Crippen LogP contribution in [0.5, 0.6) is 0 Å². The third kappa shape index (κ3) is 2.01. The van der Waals surface area contributed by atoms with Gasteiger partial charge in [0.1, 0.15) is 5.70 Å². The van der Waals surface area contributed by atoms with E-state index >= 15 is 0 Å². The Kier molecular flexibility index (Phi) is 3.09. The van der Waals surface area contributed by atoms with Crippen molar-refractivity contribution in [1.29, 1.82) is 0 Å². The van der Waals surface area contributed by atoms with Gasteiger partial charge in [-0.25, -0.2) is 4.79 Å². The van der Waals surface area contributed by atoms with E-state index < -0.39 is 11.9 Å². The number of imide groups is 1. The minimum Gasteiger partial charge on any atom is -0.272 e. The van der Waals surface area contributed by atoms with E-state index in [-0.39, 0.29) is 5.70 Å². The van der Waals surface area contributed by atoms with Crippen LogP contribution in [0.1, 0.15) is 6.92 Å². The van der Waals surface area contributed by atoms with E-state index in [1.165, 1.54) is 11.0 Å². The summed E-state index contributed by atoms with van der Waals surface area (Å²) in [6, 6.07) is 4.23. The first-order chi connectivity index (χ1) is 8.04. The summed E-state index contributed by atoms with van der Waals surface area (Å²) in [5.41, 5.74) is 0.768. The minimum absolute atomic E-state index is 0.272. The van der Waals surface area contributed by atoms with Crippen LogP contribution in [0, 0.1) is 0 Å². The summed E-state index contributed by atoms with van der Waals surface area (Å²) in [6.45, 7) is 1.68. The quantitative estimate of drug-likeness (QED) is 0.630. The van der Waals surface area contributed by atoms with Crippen LogP contribution in [0.15, 0.2) is 30.0 Å². The van der Waals surface area contributed by atoms with Crippen molar-refractivity contribution in [1.82, 2.24) is 5.32 Å². The Morgan fingerprint density at radius 3 is 2.53 bits per heavy atom. The first-order valence-corrected chi connectivity index (χ1v) is 5.57. The molecule has 1 aliphatic heterocycles. The van der Waals surface area contributed by atoms with Crippen molar-refractivity contribution in [2.45, 2.75) is 6.92 Å². The molecular weight excluding hydrogens is 263 g/mol. The predicted molar refractivity (Wildman–Crippen MR) is 66.2 cm³/mol. The number of carbonyl (C=O) groups excluding carboxylic acids is 2. The van der Waals surface area contributed by atoms with Crippen molar-refractivity contribution < 1.29 is 9.59 Å². The highest BCUT2D eigenvalue weighted by Gasteiger charge is 2.33. The van der Waals surface area contributed by atoms with Crippen molar-refractivity contribution in [2.75, 3.05) is 4.90 Å². The van der Waals surface area contributed by atoms with Gasteiger partial charge in [-0.3, -0.25) is 15.0 Å². The Labute approximate surface area is 108 Å². The predicted octanol–water partition coefficient (Wildman–Crippen LogP) is 2.95. The summed E-state index contributed by atoms with van der Waals surface area (Å²) in [7, 11) is 0. The zero-order chi connectivity index (χ0) is 12.6. The Morgan fingerprint density at radius 2 is 1.94 bits per heavy atom. The lowest BCUT2D eigenvalue weighted by molar-refractivity contribution is -0.115. The van der Waals surface area contributed by atoms with Crippen LogP contribution in [0.4, 0.5) is 10.5 Å². The molecule has 1 aromatic carbocycles. The van der Waals surface area contributed by atoms with Crippen LogP contribution in [-0.2, 0) is 4.79 Å². The van der Waals surface area contributed by atoms with Crippen molar-refractivity contribution in [3.05, 3.63) is 40.0 Å². The molecule has 4 nitrogen and oxygen atoms in total. The highest BCUT2D eigenvalue weighted by atomic mass is 35.5. The van der Waals surface area contributed by atoms with Gasteiger partial charge in [-0.15, -0.1) is 0 Å². The maximum atomic E-state index is 11.6. The second-order valence-corrected chi connectivity index (χ2v) is 4.18. The molecule has 1 heterocycles. The second-order valence-electron chi connectivity index (χ2n) is 3.37. The largest absolute Gasteiger partial charge is 0.333 e. The van der Waals surface area contributed by atoms with Crippen LogP contribution >= 0.6 is 23.2 Å². The molecule has 88 valence electrons. The average molecular weight is 271 g/mol. The molecule has 1 saturated heterocycles. The molecule has 1 fully saturated rings. The molecule has 0 atom stereocenters. The van der Waals surface area contributed by atoms with Gasteiger partial charge in [0.05, 0.1) is 15.7 Å². The summed E-state index contributed by atoms with van der Waals surface area (Å²) in [4.78, 5) is 24.3. The summed E-state index contributed by atoms with van der Waals surface area (Å²) >= 11 is 11.7. The van der Waals surface area contributed by atoms with E-state index in [0.717, 1.165) is 0 Å². The van der Waals surface area contributed by atoms with Gasteiger partial charge in [0.25, 0.3) is 5.91 Å². The molecule has 3 amide bonds. The number of urea groups is 1. The lowest BCUT2D eigenvalue weighted by Crippen LogP contribution is -2.27. The van der Waals surface area contributed by atoms with Crippen molar-refractivity contribution in [3.63, 3.8) is 0 Å². The monoisotopic (exact) mass is 270 g/mol. The number of hydrogen-bond acceptors (Lipinski definition) is 2. The van der Waals surface area contributed by atoms with Crippen LogP contribution in [0.3, 0.4) is 0 Å². The number of nitrogens with zero attached hydrogens (tertiary/aromatic N) is 1. The third-order valence-electron chi connectivity index (χ3n) is 2.33. The maximum Gasteiger partial charge on any atom is 0.333 e. The highest BCUT2D eigenvalue weighted by molar-refractivity contribution is 6.42. The van der Waals surface area contributed by atoms with Crippen LogP contribution < -0.4 is 10.2 Å². The van der Waals surface area contributed by atoms with Crippen LogP contribution in [-0.4, -0.2) is 11.9 Å². The summed E-state index contributed by atoms with van der Waals surface area (Å²) in [6.07, 6.45) is 1.56. The molecule has 1 aliphatic rings. The van der Waals surface area contributed by atoms with E-state index in [9.17, 15) is 9.59 Å². The fourth-order valence-electron chi connectivity index (χ4n) is 1.57. The smallest absolute Gasteiger partial charge is 0.272 e. The van der Waals surface area contributed by atoms with Crippen molar-refractivity contribution in [3.8, 4) is 0 Å². The number of rotatable bonds is 1. The van der Waals surface area contributed by atoms with E-state index in [0.29, 0.717) is 15.7 Å². The number of benzene rings is 1. The second kappa shape index (κ2) is 4.39. The minimum atomic E-state index is -0.499. The first kappa shape index (κ1) is 12.0. The average Bonchev–Trinajstić information content (AvgIpc) is 2.57. The van der Waals surface area contributed by atoms with Gasteiger partial charge in [-0.1, -0.05) is 29.3 Å². The van der Waals surface area contributed by atoms with Gasteiger partial charge in [0.2, 0.25) is 0 Å². The number of carbonyl (C=O) groups is 2. The molecule has 0 spiro atoms. The molecule has 1 N–H and O–H groups in total. The number of amides is 3. The molecule has 2 rings (SSSR count). The molecule has 0 aromatic heterocycles. The fourth-order valence-corrected chi connectivity index (χ4v) is 1.86. The zero-order valence-corrected chi connectivity index (χ0v) is 10.3. The fraction of sp³-hybridized carbons (Fsp3) is 0.0909. The zero-order valence-electron chi connectivity index (χ0n) is 8.83. The summed E-state index contributed by atoms with van der Waals surface area (Å²) in [5.74, 6) is -0.427. The molecule has 0 bridgehead atoms. The molecule has 0 saturated carbocycles. The standard InChI is InChI=1S/C11H8Cl2N2O2/c1-2-9-10(16)14-11(17)15(9)6-3-4-7(12)8(13)5-6/h2-5H,1H3,(H,14,16,17)/b9-2-. The third-order valence-corrected chi connectivity index (χ3v) is 3.07. The molecule has 1 aromatic rings. The van der Waals surface area contributed by atoms with Crippen LogP contribution in [0.25, 0.3) is 0 Å². The van der Waals surface area contributed by atoms with Gasteiger partial charge in [-0.2, -0.15) is 0 Å². The molecule has 0 unspecified atom stereocenters. The Bertz CT molecular complexity index is 540. The topological polar surface area (TPSA) is 49.4 Å². The summed E-state index contributed by atoms with van der Waals surface area (Å²) < 4.78 is 0. The van der Waals surface area contributed by atoms with Gasteiger partial charge >= 0.3 is 6.03 Å². The Hall–Kier alpha value is -1.52. The number of anilines is 1. The van der Waals surface area contributed by atoms with E-state index in [4.69, 9.17) is 23.2 Å². The van der Waals surface area contributed by atoms with E-state index in [2.05, 4.69) is 5.32 Å². The van der Waals surface area contributed by atoms with Gasteiger partial charge < -0.3 is 0 Å². The molecule has 6 heteroatoms. The molecule has 0 radical (unpaired) electrons. The number of allylic oxidation sites excluding steroid dienone is 1. The Balaban J connectivity index is 2.48. The lowest BCUT2D eigenvalue weighted by Gasteiger charge is -2.15. The van der Waals surface area contributed by atoms with Gasteiger partial charge in [-0.05, 0) is 25.1 Å². The maximum absolute atomic E-state index is 11.6. The number of nitrogens with one attached hydrogen (secondary N) is 1. The normalized spacial score (nSPS) is 17.8. The molecular formula is C11H8Cl2N2O2. The number of halogens is 2. The first-order valence-electron chi connectivity index (χ1n) is 4.81. The van der Waals surface area contributed by atoms with E-state index in [1.54, 1.807) is 25.1 Å². The van der Waals surface area contributed by atoms with E-state index in [1.807, 2.05) is 0 Å². The van der Waals surface area contributed by atoms with Gasteiger partial charge in [0.15, 0.2) is 0 Å². The Morgan fingerprint density at radius 1 is 1.24 bits per heavy atom. The van der Waals surface area contributed by atoms with Gasteiger partial charge in [0, 0.05) is 0 Å². The SMILES string of the molecule is C/C=C1/C(=O)NC(=O)N1c1ccc(Cl)c(Cl)c1. The molecule has 17 heavy (non-hydrogen) atoms. The van der Waals surface area contributed by atoms with Crippen molar-refractivity contribution >= 4 is 40.8 Å². The lowest BCUT2D eigenvalue weighted by atomic mass is 10.2.